The quantitative estimate of drug-likeness (QED) is 0.108. The van der Waals surface area contributed by atoms with Crippen molar-refractivity contribution in [3.05, 3.63) is 18.2 Å². The van der Waals surface area contributed by atoms with E-state index in [1.165, 1.54) is 24.3 Å². The molecule has 0 aromatic carbocycles. The number of aromatic nitrogens is 2. The molecule has 0 aliphatic carbocycles. The van der Waals surface area contributed by atoms with E-state index in [-0.39, 0.29) is 19.3 Å². The van der Waals surface area contributed by atoms with Gasteiger partial charge in [-0.2, -0.15) is 11.8 Å². The number of carbonyl (C=O) groups is 6. The molecule has 36 heavy (non-hydrogen) atoms. The molecule has 1 rings (SSSR count). The van der Waals surface area contributed by atoms with E-state index in [0.29, 0.717) is 11.4 Å². The number of aromatic amines is 1. The topological polar surface area (TPSA) is 254 Å². The van der Waals surface area contributed by atoms with Gasteiger partial charge in [0.25, 0.3) is 0 Å². The smallest absolute Gasteiger partial charge is 0.326 e. The summed E-state index contributed by atoms with van der Waals surface area (Å²) in [5.74, 6) is -6.19. The number of nitrogens with two attached hydrogens (primary N) is 1. The number of nitrogens with one attached hydrogen (secondary N) is 4. The Morgan fingerprint density at radius 2 is 1.56 bits per heavy atom. The second kappa shape index (κ2) is 15.4. The van der Waals surface area contributed by atoms with Gasteiger partial charge in [-0.25, -0.2) is 9.78 Å². The highest BCUT2D eigenvalue weighted by molar-refractivity contribution is 7.98. The summed E-state index contributed by atoms with van der Waals surface area (Å²) >= 11 is 1.39. The van der Waals surface area contributed by atoms with Gasteiger partial charge in [0.1, 0.15) is 18.1 Å². The van der Waals surface area contributed by atoms with Gasteiger partial charge in [-0.15, -0.1) is 0 Å². The molecule has 16 heteroatoms. The van der Waals surface area contributed by atoms with Crippen molar-refractivity contribution >= 4 is 47.4 Å². The molecule has 0 radical (unpaired) electrons. The molecule has 200 valence electrons. The van der Waals surface area contributed by atoms with Gasteiger partial charge >= 0.3 is 17.9 Å². The fourth-order valence-electron chi connectivity index (χ4n) is 2.96. The van der Waals surface area contributed by atoms with Crippen molar-refractivity contribution in [3.63, 3.8) is 0 Å². The number of imidazole rings is 1. The normalized spacial score (nSPS) is 14.1. The molecule has 1 aromatic heterocycles. The lowest BCUT2D eigenvalue weighted by molar-refractivity contribution is -0.142. The molecule has 0 aliphatic rings. The van der Waals surface area contributed by atoms with Gasteiger partial charge in [0.2, 0.25) is 17.7 Å². The molecule has 0 fully saturated rings. The second-order valence-corrected chi connectivity index (χ2v) is 8.71. The molecule has 4 atom stereocenters. The molecule has 9 N–H and O–H groups in total. The highest BCUT2D eigenvalue weighted by atomic mass is 32.2. The van der Waals surface area contributed by atoms with Crippen LogP contribution in [0.4, 0.5) is 0 Å². The van der Waals surface area contributed by atoms with Crippen LogP contribution in [0.2, 0.25) is 0 Å². The highest BCUT2D eigenvalue weighted by Gasteiger charge is 2.31. The maximum absolute atomic E-state index is 13.0. The zero-order valence-corrected chi connectivity index (χ0v) is 20.2. The molecule has 0 saturated carbocycles. The molecule has 3 amide bonds. The minimum atomic E-state index is -1.50. The first kappa shape index (κ1) is 30.4. The summed E-state index contributed by atoms with van der Waals surface area (Å²) in [6, 6.07) is -5.50. The number of nitrogens with zero attached hydrogens (tertiary/aromatic N) is 1. The van der Waals surface area contributed by atoms with Crippen LogP contribution in [0.15, 0.2) is 12.5 Å². The number of H-pyrrole nitrogens is 1. The Labute approximate surface area is 210 Å². The Kier molecular flexibility index (Phi) is 13.0. The van der Waals surface area contributed by atoms with Crippen molar-refractivity contribution in [1.29, 1.82) is 0 Å². The van der Waals surface area contributed by atoms with E-state index in [1.807, 2.05) is 0 Å². The van der Waals surface area contributed by atoms with Gasteiger partial charge in [-0.05, 0) is 24.9 Å². The number of rotatable bonds is 17. The lowest BCUT2D eigenvalue weighted by Crippen LogP contribution is -2.57. The van der Waals surface area contributed by atoms with Crippen molar-refractivity contribution in [2.24, 2.45) is 5.73 Å². The molecule has 0 aliphatic heterocycles. The van der Waals surface area contributed by atoms with Crippen LogP contribution in [0.1, 0.15) is 31.4 Å². The first-order chi connectivity index (χ1) is 16.9. The monoisotopic (exact) mass is 530 g/mol. The summed E-state index contributed by atoms with van der Waals surface area (Å²) in [4.78, 5) is 78.1. The SMILES string of the molecule is CSCC[C@H](NC(=O)[C@H](Cc1cnc[nH]1)NC(=O)[C@H](CCC(=O)O)NC(=O)[C@@H](N)CC(=O)O)C(=O)O. The van der Waals surface area contributed by atoms with Gasteiger partial charge < -0.3 is 42.0 Å². The Bertz CT molecular complexity index is 927. The van der Waals surface area contributed by atoms with E-state index in [0.717, 1.165) is 0 Å². The molecule has 0 bridgehead atoms. The van der Waals surface area contributed by atoms with Crippen LogP contribution in [-0.4, -0.2) is 97.1 Å². The van der Waals surface area contributed by atoms with E-state index in [1.54, 1.807) is 6.26 Å². The number of carboxylic acid groups (broad SMARTS) is 3. The molecule has 0 spiro atoms. The third-order valence-electron chi connectivity index (χ3n) is 4.85. The number of thioether (sulfide) groups is 1. The summed E-state index contributed by atoms with van der Waals surface area (Å²) in [5, 5.41) is 34.2. The minimum absolute atomic E-state index is 0.120. The molecule has 0 unspecified atom stereocenters. The Hall–Kier alpha value is -3.66. The maximum Gasteiger partial charge on any atom is 0.326 e. The first-order valence-electron chi connectivity index (χ1n) is 10.7. The van der Waals surface area contributed by atoms with E-state index >= 15 is 0 Å². The first-order valence-corrected chi connectivity index (χ1v) is 12.1. The predicted octanol–water partition coefficient (Wildman–Crippen LogP) is -2.09. The summed E-state index contributed by atoms with van der Waals surface area (Å²) in [6.45, 7) is 0. The van der Waals surface area contributed by atoms with Crippen molar-refractivity contribution in [2.45, 2.75) is 56.3 Å². The van der Waals surface area contributed by atoms with Crippen LogP contribution >= 0.6 is 11.8 Å². The predicted molar refractivity (Wildman–Crippen MR) is 126 cm³/mol. The van der Waals surface area contributed by atoms with Crippen LogP contribution in [0.3, 0.4) is 0 Å². The van der Waals surface area contributed by atoms with Crippen molar-refractivity contribution in [3.8, 4) is 0 Å². The molecular formula is C20H30N6O9S. The van der Waals surface area contributed by atoms with Gasteiger partial charge in [0, 0.05) is 24.7 Å². The lowest BCUT2D eigenvalue weighted by atomic mass is 10.1. The summed E-state index contributed by atoms with van der Waals surface area (Å²) in [5.41, 5.74) is 5.94. The number of hydrogen-bond donors (Lipinski definition) is 8. The van der Waals surface area contributed by atoms with Gasteiger partial charge in [0.15, 0.2) is 0 Å². The third-order valence-corrected chi connectivity index (χ3v) is 5.49. The Balaban J connectivity index is 3.07. The third kappa shape index (κ3) is 11.2. The van der Waals surface area contributed by atoms with Gasteiger partial charge in [-0.3, -0.25) is 24.0 Å². The summed E-state index contributed by atoms with van der Waals surface area (Å²) in [6.07, 6.45) is 2.88. The maximum atomic E-state index is 13.0. The minimum Gasteiger partial charge on any atom is -0.481 e. The highest BCUT2D eigenvalue weighted by Crippen LogP contribution is 2.06. The number of hydrogen-bond acceptors (Lipinski definition) is 9. The van der Waals surface area contributed by atoms with E-state index in [9.17, 15) is 33.9 Å². The largest absolute Gasteiger partial charge is 0.481 e. The van der Waals surface area contributed by atoms with Crippen LogP contribution in [-0.2, 0) is 35.2 Å². The van der Waals surface area contributed by atoms with E-state index in [2.05, 4.69) is 25.9 Å². The Morgan fingerprint density at radius 3 is 2.08 bits per heavy atom. The Morgan fingerprint density at radius 1 is 0.944 bits per heavy atom. The second-order valence-electron chi connectivity index (χ2n) is 7.72. The lowest BCUT2D eigenvalue weighted by Gasteiger charge is -2.24. The summed E-state index contributed by atoms with van der Waals surface area (Å²) in [7, 11) is 0. The van der Waals surface area contributed by atoms with E-state index < -0.39 is 72.6 Å². The van der Waals surface area contributed by atoms with Crippen molar-refractivity contribution in [2.75, 3.05) is 12.0 Å². The van der Waals surface area contributed by atoms with Gasteiger partial charge in [-0.1, -0.05) is 0 Å². The molecule has 0 saturated heterocycles. The standard InChI is InChI=1S/C20H30N6O9S/c1-36-5-4-13(20(34)35)25-19(33)14(6-10-8-22-9-23-10)26-18(32)12(2-3-15(27)28)24-17(31)11(21)7-16(29)30/h8-9,11-14H,2-7,21H2,1H3,(H,22,23)(H,24,31)(H,25,33)(H,26,32)(H,27,28)(H,29,30)(H,34,35)/t11-,12-,13-,14-/m0/s1. The van der Waals surface area contributed by atoms with Crippen LogP contribution < -0.4 is 21.7 Å². The van der Waals surface area contributed by atoms with Crippen LogP contribution in [0.25, 0.3) is 0 Å². The average molecular weight is 531 g/mol. The summed E-state index contributed by atoms with van der Waals surface area (Å²) < 4.78 is 0. The number of aliphatic carboxylic acids is 3. The average Bonchev–Trinajstić information content (AvgIpc) is 3.30. The van der Waals surface area contributed by atoms with E-state index in [4.69, 9.17) is 15.9 Å². The van der Waals surface area contributed by atoms with Crippen molar-refractivity contribution < 1.29 is 44.1 Å². The number of carbonyl (C=O) groups excluding carboxylic acids is 3. The zero-order valence-electron chi connectivity index (χ0n) is 19.4. The fraction of sp³-hybridized carbons (Fsp3) is 0.550. The van der Waals surface area contributed by atoms with Gasteiger partial charge in [0.05, 0.1) is 18.8 Å². The molecule has 15 nitrogen and oxygen atoms in total. The molecule has 1 heterocycles. The number of carboxylic acids is 3. The molecule has 1 aromatic rings. The van der Waals surface area contributed by atoms with Crippen LogP contribution in [0.5, 0.6) is 0 Å². The van der Waals surface area contributed by atoms with Crippen LogP contribution in [0, 0.1) is 0 Å². The molecular weight excluding hydrogens is 500 g/mol. The van der Waals surface area contributed by atoms with Crippen molar-refractivity contribution in [1.82, 2.24) is 25.9 Å². The fourth-order valence-corrected chi connectivity index (χ4v) is 3.43. The zero-order chi connectivity index (χ0) is 27.3. The number of amides is 3.